The molecule has 1 aliphatic heterocycles. The summed E-state index contributed by atoms with van der Waals surface area (Å²) in [6.45, 7) is 4.13. The number of carbonyl (C=O) groups excluding carboxylic acids is 2. The van der Waals surface area contributed by atoms with Gasteiger partial charge in [-0.25, -0.2) is 9.67 Å². The zero-order valence-electron chi connectivity index (χ0n) is 18.8. The lowest BCUT2D eigenvalue weighted by molar-refractivity contribution is -0.274. The summed E-state index contributed by atoms with van der Waals surface area (Å²) in [4.78, 5) is 33.4. The van der Waals surface area contributed by atoms with E-state index in [9.17, 15) is 22.8 Å². The zero-order chi connectivity index (χ0) is 25.4. The molecule has 2 heterocycles. The summed E-state index contributed by atoms with van der Waals surface area (Å²) in [5.74, 6) is -1.34. The van der Waals surface area contributed by atoms with Gasteiger partial charge in [-0.15, -0.1) is 18.3 Å². The van der Waals surface area contributed by atoms with Crippen molar-refractivity contribution in [1.29, 1.82) is 0 Å². The van der Waals surface area contributed by atoms with E-state index >= 15 is 0 Å². The molecule has 0 saturated carbocycles. The lowest BCUT2D eigenvalue weighted by atomic mass is 9.97. The third-order valence-corrected chi connectivity index (χ3v) is 5.74. The fraction of sp³-hybridized carbons (Fsp3) is 0.304. The van der Waals surface area contributed by atoms with Crippen LogP contribution in [-0.2, 0) is 0 Å². The highest BCUT2D eigenvalue weighted by Crippen LogP contribution is 2.27. The standard InChI is InChI=1S/C23H21ClF3N5O3/c1-22(2)13-30(20(33)15-5-3-8-18(11-15)35-23(25,26)27)9-10-31(22)21(34)19-28-14-32(29-19)17-7-4-6-16(24)12-17/h3-8,11-12,14H,9-10,13H2,1-2H3. The maximum absolute atomic E-state index is 13.2. The summed E-state index contributed by atoms with van der Waals surface area (Å²) >= 11 is 6.02. The monoisotopic (exact) mass is 507 g/mol. The highest BCUT2D eigenvalue weighted by atomic mass is 35.5. The summed E-state index contributed by atoms with van der Waals surface area (Å²) in [6, 6.07) is 11.9. The van der Waals surface area contributed by atoms with Gasteiger partial charge < -0.3 is 14.5 Å². The fourth-order valence-electron chi connectivity index (χ4n) is 3.94. The smallest absolute Gasteiger partial charge is 0.406 e. The van der Waals surface area contributed by atoms with Crippen LogP contribution in [0, 0.1) is 0 Å². The van der Waals surface area contributed by atoms with E-state index in [2.05, 4.69) is 14.8 Å². The SMILES string of the molecule is CC1(C)CN(C(=O)c2cccc(OC(F)(F)F)c2)CCN1C(=O)c1ncn(-c2cccc(Cl)c2)n1. The average molecular weight is 508 g/mol. The summed E-state index contributed by atoms with van der Waals surface area (Å²) in [6.07, 6.45) is -3.44. The molecule has 2 aromatic carbocycles. The molecule has 8 nitrogen and oxygen atoms in total. The predicted molar refractivity (Wildman–Crippen MR) is 121 cm³/mol. The number of rotatable bonds is 4. The van der Waals surface area contributed by atoms with Gasteiger partial charge >= 0.3 is 6.36 Å². The predicted octanol–water partition coefficient (Wildman–Crippen LogP) is 4.20. The molecule has 0 atom stereocenters. The van der Waals surface area contributed by atoms with Crippen molar-refractivity contribution in [2.75, 3.05) is 19.6 Å². The molecule has 0 bridgehead atoms. The summed E-state index contributed by atoms with van der Waals surface area (Å²) < 4.78 is 43.0. The summed E-state index contributed by atoms with van der Waals surface area (Å²) in [7, 11) is 0. The van der Waals surface area contributed by atoms with Crippen molar-refractivity contribution < 1.29 is 27.5 Å². The molecule has 0 N–H and O–H groups in total. The summed E-state index contributed by atoms with van der Waals surface area (Å²) in [5.41, 5.74) is -0.0771. The first-order chi connectivity index (χ1) is 16.4. The van der Waals surface area contributed by atoms with Crippen molar-refractivity contribution in [3.63, 3.8) is 0 Å². The van der Waals surface area contributed by atoms with E-state index in [1.807, 2.05) is 0 Å². The van der Waals surface area contributed by atoms with Gasteiger partial charge in [0.2, 0.25) is 5.82 Å². The van der Waals surface area contributed by atoms with Crippen molar-refractivity contribution in [2.24, 2.45) is 0 Å². The van der Waals surface area contributed by atoms with E-state index in [0.29, 0.717) is 10.7 Å². The Morgan fingerprint density at radius 1 is 1.06 bits per heavy atom. The molecule has 184 valence electrons. The molecule has 0 unspecified atom stereocenters. The van der Waals surface area contributed by atoms with Gasteiger partial charge in [-0.2, -0.15) is 0 Å². The van der Waals surface area contributed by atoms with Crippen LogP contribution >= 0.6 is 11.6 Å². The molecule has 12 heteroatoms. The normalized spacial score (nSPS) is 15.7. The van der Waals surface area contributed by atoms with E-state index in [1.165, 1.54) is 28.0 Å². The number of halogens is 4. The van der Waals surface area contributed by atoms with Gasteiger partial charge in [-0.1, -0.05) is 23.7 Å². The molecule has 1 aliphatic rings. The molecule has 1 saturated heterocycles. The van der Waals surface area contributed by atoms with E-state index < -0.39 is 29.5 Å². The minimum Gasteiger partial charge on any atom is -0.406 e. The molecule has 0 radical (unpaired) electrons. The van der Waals surface area contributed by atoms with Crippen LogP contribution in [-0.4, -0.2) is 67.9 Å². The number of piperazine rings is 1. The quantitative estimate of drug-likeness (QED) is 0.529. The second-order valence-corrected chi connectivity index (χ2v) is 9.00. The molecule has 2 amide bonds. The van der Waals surface area contributed by atoms with Crippen molar-refractivity contribution in [3.8, 4) is 11.4 Å². The Morgan fingerprint density at radius 2 is 1.80 bits per heavy atom. The first-order valence-corrected chi connectivity index (χ1v) is 11.0. The Kier molecular flexibility index (Phi) is 6.46. The molecule has 35 heavy (non-hydrogen) atoms. The minimum atomic E-state index is -4.86. The third-order valence-electron chi connectivity index (χ3n) is 5.50. The van der Waals surface area contributed by atoms with Crippen LogP contribution in [0.3, 0.4) is 0 Å². The Labute approximate surface area is 203 Å². The van der Waals surface area contributed by atoms with Crippen molar-refractivity contribution >= 4 is 23.4 Å². The second-order valence-electron chi connectivity index (χ2n) is 8.56. The molecule has 3 aromatic rings. The van der Waals surface area contributed by atoms with E-state index in [-0.39, 0.29) is 31.0 Å². The van der Waals surface area contributed by atoms with Crippen LogP contribution < -0.4 is 4.74 Å². The molecule has 4 rings (SSSR count). The van der Waals surface area contributed by atoms with E-state index in [4.69, 9.17) is 11.6 Å². The van der Waals surface area contributed by atoms with Crippen molar-refractivity contribution in [1.82, 2.24) is 24.6 Å². The first-order valence-electron chi connectivity index (χ1n) is 10.6. The number of ether oxygens (including phenoxy) is 1. The van der Waals surface area contributed by atoms with Gasteiger partial charge in [0.05, 0.1) is 11.2 Å². The van der Waals surface area contributed by atoms with Crippen LogP contribution in [0.25, 0.3) is 5.69 Å². The maximum atomic E-state index is 13.2. The van der Waals surface area contributed by atoms with Gasteiger partial charge in [0.1, 0.15) is 12.1 Å². The molecule has 1 fully saturated rings. The second kappa shape index (κ2) is 9.21. The zero-order valence-corrected chi connectivity index (χ0v) is 19.5. The third kappa shape index (κ3) is 5.56. The molecule has 1 aromatic heterocycles. The van der Waals surface area contributed by atoms with Gasteiger partial charge in [0.15, 0.2) is 0 Å². The van der Waals surface area contributed by atoms with Crippen LogP contribution in [0.4, 0.5) is 13.2 Å². The lowest BCUT2D eigenvalue weighted by Gasteiger charge is -2.46. The number of hydrogen-bond acceptors (Lipinski definition) is 5. The van der Waals surface area contributed by atoms with Gasteiger partial charge in [0.25, 0.3) is 11.8 Å². The number of amides is 2. The number of aromatic nitrogens is 3. The average Bonchev–Trinajstić information content (AvgIpc) is 3.27. The van der Waals surface area contributed by atoms with Crippen LogP contribution in [0.5, 0.6) is 5.75 Å². The van der Waals surface area contributed by atoms with Gasteiger partial charge in [-0.05, 0) is 50.2 Å². The van der Waals surface area contributed by atoms with Crippen LogP contribution in [0.15, 0.2) is 54.9 Å². The summed E-state index contributed by atoms with van der Waals surface area (Å²) in [5, 5.41) is 4.79. The van der Waals surface area contributed by atoms with Gasteiger partial charge in [0, 0.05) is 30.2 Å². The Hall–Kier alpha value is -3.60. The topological polar surface area (TPSA) is 80.6 Å². The number of hydrogen-bond donors (Lipinski definition) is 0. The highest BCUT2D eigenvalue weighted by Gasteiger charge is 2.40. The Balaban J connectivity index is 1.47. The first kappa shape index (κ1) is 24.5. The number of nitrogens with zero attached hydrogens (tertiary/aromatic N) is 5. The van der Waals surface area contributed by atoms with E-state index in [1.54, 1.807) is 43.0 Å². The number of carbonyl (C=O) groups is 2. The number of benzene rings is 2. The Bertz CT molecular complexity index is 1260. The molecule has 0 aliphatic carbocycles. The van der Waals surface area contributed by atoms with Crippen LogP contribution in [0.2, 0.25) is 5.02 Å². The van der Waals surface area contributed by atoms with Gasteiger partial charge in [-0.3, -0.25) is 9.59 Å². The maximum Gasteiger partial charge on any atom is 0.573 e. The van der Waals surface area contributed by atoms with Crippen molar-refractivity contribution in [3.05, 3.63) is 71.3 Å². The highest BCUT2D eigenvalue weighted by molar-refractivity contribution is 6.30. The largest absolute Gasteiger partial charge is 0.573 e. The van der Waals surface area contributed by atoms with Crippen LogP contribution in [0.1, 0.15) is 34.8 Å². The molecule has 0 spiro atoms. The van der Waals surface area contributed by atoms with E-state index in [0.717, 1.165) is 12.1 Å². The number of alkyl halides is 3. The fourth-order valence-corrected chi connectivity index (χ4v) is 4.12. The minimum absolute atomic E-state index is 0.00479. The molecular formula is C23H21ClF3N5O3. The Morgan fingerprint density at radius 3 is 2.49 bits per heavy atom. The van der Waals surface area contributed by atoms with Crippen molar-refractivity contribution in [2.45, 2.75) is 25.7 Å². The lowest BCUT2D eigenvalue weighted by Crippen LogP contribution is -2.62. The molecular weight excluding hydrogens is 487 g/mol.